The zero-order chi connectivity index (χ0) is 19.8. The summed E-state index contributed by atoms with van der Waals surface area (Å²) in [5, 5.41) is 15.9. The van der Waals surface area contributed by atoms with Crippen LogP contribution in [0.2, 0.25) is 0 Å². The fourth-order valence-corrected chi connectivity index (χ4v) is 3.34. The minimum atomic E-state index is -0.861. The van der Waals surface area contributed by atoms with E-state index in [0.29, 0.717) is 19.4 Å². The fourth-order valence-electron chi connectivity index (χ4n) is 3.34. The summed E-state index contributed by atoms with van der Waals surface area (Å²) in [5.74, 6) is -0.861. The van der Waals surface area contributed by atoms with Gasteiger partial charge in [-0.05, 0) is 42.5 Å². The van der Waals surface area contributed by atoms with Crippen molar-refractivity contribution >= 4 is 22.9 Å². The normalized spacial score (nSPS) is 11.9. The molecule has 2 aromatic carbocycles. The Hall–Kier alpha value is -3.28. The van der Waals surface area contributed by atoms with Crippen molar-refractivity contribution < 1.29 is 14.7 Å². The molecule has 4 N–H and O–H groups in total. The van der Waals surface area contributed by atoms with Gasteiger partial charge in [0.05, 0.1) is 0 Å². The van der Waals surface area contributed by atoms with Crippen LogP contribution >= 0.6 is 0 Å². The van der Waals surface area contributed by atoms with E-state index >= 15 is 0 Å². The third-order valence-corrected chi connectivity index (χ3v) is 4.73. The molecule has 0 saturated heterocycles. The highest BCUT2D eigenvalue weighted by Gasteiger charge is 2.14. The van der Waals surface area contributed by atoms with E-state index in [1.807, 2.05) is 54.7 Å². The summed E-state index contributed by atoms with van der Waals surface area (Å²) in [6, 6.07) is 17.4. The number of aromatic nitrogens is 1. The van der Waals surface area contributed by atoms with E-state index < -0.39 is 5.97 Å². The molecule has 1 atom stereocenters. The first-order valence-electron chi connectivity index (χ1n) is 9.47. The van der Waals surface area contributed by atoms with Crippen molar-refractivity contribution in [2.75, 3.05) is 6.54 Å². The van der Waals surface area contributed by atoms with Crippen molar-refractivity contribution in [3.63, 3.8) is 0 Å². The van der Waals surface area contributed by atoms with E-state index in [1.54, 1.807) is 0 Å². The minimum absolute atomic E-state index is 0.0211. The average Bonchev–Trinajstić information content (AvgIpc) is 3.16. The summed E-state index contributed by atoms with van der Waals surface area (Å²) in [5.41, 5.74) is 3.32. The molecule has 1 heterocycles. The maximum absolute atomic E-state index is 12.3. The van der Waals surface area contributed by atoms with E-state index in [-0.39, 0.29) is 18.5 Å². The number of rotatable bonds is 9. The second kappa shape index (κ2) is 9.60. The molecule has 0 bridgehead atoms. The summed E-state index contributed by atoms with van der Waals surface area (Å²) in [7, 11) is 0. The highest BCUT2D eigenvalue weighted by atomic mass is 16.4. The lowest BCUT2D eigenvalue weighted by molar-refractivity contribution is -0.137. The van der Waals surface area contributed by atoms with Crippen LogP contribution in [0.25, 0.3) is 10.9 Å². The molecule has 0 fully saturated rings. The van der Waals surface area contributed by atoms with Crippen molar-refractivity contribution in [1.82, 2.24) is 15.6 Å². The Kier molecular flexibility index (Phi) is 6.68. The smallest absolute Gasteiger partial charge is 0.315 e. The molecule has 1 aromatic heterocycles. The largest absolute Gasteiger partial charge is 0.481 e. The molecule has 1 unspecified atom stereocenters. The Bertz CT molecular complexity index is 921. The zero-order valence-electron chi connectivity index (χ0n) is 15.7. The summed E-state index contributed by atoms with van der Waals surface area (Å²) in [4.78, 5) is 26.4. The van der Waals surface area contributed by atoms with Crippen LogP contribution in [0, 0.1) is 0 Å². The average molecular weight is 379 g/mol. The van der Waals surface area contributed by atoms with Crippen LogP contribution < -0.4 is 10.6 Å². The van der Waals surface area contributed by atoms with Gasteiger partial charge in [0, 0.05) is 36.1 Å². The van der Waals surface area contributed by atoms with Gasteiger partial charge >= 0.3 is 12.0 Å². The number of nitrogens with one attached hydrogen (secondary N) is 3. The Balaban J connectivity index is 1.52. The maximum atomic E-state index is 12.3. The molecule has 0 aliphatic carbocycles. The Morgan fingerprint density at radius 1 is 1.04 bits per heavy atom. The fraction of sp³-hybridized carbons (Fsp3) is 0.273. The van der Waals surface area contributed by atoms with Crippen molar-refractivity contribution in [1.29, 1.82) is 0 Å². The summed E-state index contributed by atoms with van der Waals surface area (Å²) >= 11 is 0. The van der Waals surface area contributed by atoms with Crippen molar-refractivity contribution in [2.24, 2.45) is 0 Å². The first-order valence-corrected chi connectivity index (χ1v) is 9.47. The highest BCUT2D eigenvalue weighted by molar-refractivity contribution is 5.83. The SMILES string of the molecule is O=C(O)CCC(Cc1ccccc1)NC(=O)NCCc1cccc2[nH]ccc12. The van der Waals surface area contributed by atoms with Gasteiger partial charge in [-0.15, -0.1) is 0 Å². The molecule has 3 aromatic rings. The number of H-pyrrole nitrogens is 1. The quantitative estimate of drug-likeness (QED) is 0.458. The lowest BCUT2D eigenvalue weighted by Crippen LogP contribution is -2.44. The molecule has 0 aliphatic heterocycles. The van der Waals surface area contributed by atoms with Gasteiger partial charge in [0.1, 0.15) is 0 Å². The van der Waals surface area contributed by atoms with Crippen LogP contribution in [-0.4, -0.2) is 34.7 Å². The number of urea groups is 1. The molecule has 6 nitrogen and oxygen atoms in total. The Labute approximate surface area is 164 Å². The van der Waals surface area contributed by atoms with Crippen LogP contribution in [0.4, 0.5) is 4.79 Å². The number of aromatic amines is 1. The number of hydrogen-bond donors (Lipinski definition) is 4. The van der Waals surface area contributed by atoms with Gasteiger partial charge in [-0.3, -0.25) is 4.79 Å². The highest BCUT2D eigenvalue weighted by Crippen LogP contribution is 2.17. The molecule has 6 heteroatoms. The maximum Gasteiger partial charge on any atom is 0.315 e. The van der Waals surface area contributed by atoms with Crippen LogP contribution in [0.15, 0.2) is 60.8 Å². The third kappa shape index (κ3) is 5.61. The second-order valence-electron chi connectivity index (χ2n) is 6.83. The molecule has 28 heavy (non-hydrogen) atoms. The number of carboxylic acids is 1. The lowest BCUT2D eigenvalue weighted by atomic mass is 10.0. The third-order valence-electron chi connectivity index (χ3n) is 4.73. The van der Waals surface area contributed by atoms with E-state index in [9.17, 15) is 9.59 Å². The summed E-state index contributed by atoms with van der Waals surface area (Å²) in [6.45, 7) is 0.507. The van der Waals surface area contributed by atoms with Gasteiger partial charge in [0.15, 0.2) is 0 Å². The first kappa shape index (κ1) is 19.5. The molecule has 3 rings (SSSR count). The van der Waals surface area contributed by atoms with Gasteiger partial charge in [-0.2, -0.15) is 0 Å². The lowest BCUT2D eigenvalue weighted by Gasteiger charge is -2.19. The molecule has 0 saturated carbocycles. The number of hydrogen-bond acceptors (Lipinski definition) is 2. The van der Waals surface area contributed by atoms with Crippen molar-refractivity contribution in [3.05, 3.63) is 71.9 Å². The number of carbonyl (C=O) groups is 2. The molecule has 146 valence electrons. The van der Waals surface area contributed by atoms with Crippen molar-refractivity contribution in [3.8, 4) is 0 Å². The van der Waals surface area contributed by atoms with Crippen LogP contribution in [-0.2, 0) is 17.6 Å². The number of carboxylic acid groups (broad SMARTS) is 1. The Morgan fingerprint density at radius 2 is 1.86 bits per heavy atom. The number of aliphatic carboxylic acids is 1. The number of fused-ring (bicyclic) bond motifs is 1. The zero-order valence-corrected chi connectivity index (χ0v) is 15.7. The molecule has 0 radical (unpaired) electrons. The van der Waals surface area contributed by atoms with Crippen LogP contribution in [0.5, 0.6) is 0 Å². The monoisotopic (exact) mass is 379 g/mol. The number of carbonyl (C=O) groups excluding carboxylic acids is 1. The van der Waals surface area contributed by atoms with E-state index in [4.69, 9.17) is 5.11 Å². The predicted octanol–water partition coefficient (Wildman–Crippen LogP) is 3.49. The molecule has 0 spiro atoms. The van der Waals surface area contributed by atoms with Gasteiger partial charge in [-0.25, -0.2) is 4.79 Å². The molecule has 0 aliphatic rings. The van der Waals surface area contributed by atoms with Gasteiger partial charge in [-0.1, -0.05) is 42.5 Å². The first-order chi connectivity index (χ1) is 13.6. The van der Waals surface area contributed by atoms with E-state index in [1.165, 1.54) is 5.56 Å². The predicted molar refractivity (Wildman–Crippen MR) is 109 cm³/mol. The van der Waals surface area contributed by atoms with Gasteiger partial charge in [0.2, 0.25) is 0 Å². The number of benzene rings is 2. The topological polar surface area (TPSA) is 94.2 Å². The molecular formula is C22H25N3O3. The number of amides is 2. The van der Waals surface area contributed by atoms with Crippen LogP contribution in [0.1, 0.15) is 24.0 Å². The van der Waals surface area contributed by atoms with Crippen LogP contribution in [0.3, 0.4) is 0 Å². The van der Waals surface area contributed by atoms with E-state index in [0.717, 1.165) is 22.9 Å². The standard InChI is InChI=1S/C22H25N3O3/c26-21(27)10-9-18(15-16-5-2-1-3-6-16)25-22(28)24-13-11-17-7-4-8-20-19(17)12-14-23-20/h1-8,12,14,18,23H,9-11,13,15H2,(H,26,27)(H2,24,25,28). The second-order valence-corrected chi connectivity index (χ2v) is 6.83. The van der Waals surface area contributed by atoms with Crippen molar-refractivity contribution in [2.45, 2.75) is 31.7 Å². The Morgan fingerprint density at radius 3 is 2.64 bits per heavy atom. The minimum Gasteiger partial charge on any atom is -0.481 e. The summed E-state index contributed by atoms with van der Waals surface area (Å²) < 4.78 is 0. The molecular weight excluding hydrogens is 354 g/mol. The van der Waals surface area contributed by atoms with Gasteiger partial charge < -0.3 is 20.7 Å². The molecule has 2 amide bonds. The van der Waals surface area contributed by atoms with E-state index in [2.05, 4.69) is 21.7 Å². The summed E-state index contributed by atoms with van der Waals surface area (Å²) in [6.07, 6.45) is 3.64. The van der Waals surface area contributed by atoms with Gasteiger partial charge in [0.25, 0.3) is 0 Å².